The number of aryl methyl sites for hydroxylation is 1. The number of amides is 1. The van der Waals surface area contributed by atoms with Crippen LogP contribution in [0.25, 0.3) is 0 Å². The van der Waals surface area contributed by atoms with Gasteiger partial charge in [0.2, 0.25) is 5.91 Å². The Bertz CT molecular complexity index is 396. The van der Waals surface area contributed by atoms with E-state index in [-0.39, 0.29) is 19.1 Å². The maximum absolute atomic E-state index is 11.9. The second-order valence-corrected chi connectivity index (χ2v) is 4.36. The zero-order valence-corrected chi connectivity index (χ0v) is 11.6. The number of hydrogen-bond acceptors (Lipinski definition) is 4. The summed E-state index contributed by atoms with van der Waals surface area (Å²) < 4.78 is 4.98. The van der Waals surface area contributed by atoms with E-state index in [1.807, 2.05) is 36.1 Å². The van der Waals surface area contributed by atoms with E-state index in [0.29, 0.717) is 19.7 Å². The van der Waals surface area contributed by atoms with Crippen molar-refractivity contribution < 1.29 is 14.6 Å². The molecule has 5 heteroatoms. The van der Waals surface area contributed by atoms with Crippen LogP contribution in [0.2, 0.25) is 0 Å². The molecule has 0 aromatic heterocycles. The lowest BCUT2D eigenvalue weighted by Crippen LogP contribution is -2.37. The Morgan fingerprint density at radius 2 is 2.11 bits per heavy atom. The van der Waals surface area contributed by atoms with Gasteiger partial charge < -0.3 is 15.2 Å². The van der Waals surface area contributed by atoms with E-state index in [4.69, 9.17) is 9.84 Å². The molecule has 2 N–H and O–H groups in total. The first-order valence-corrected chi connectivity index (χ1v) is 6.35. The number of carbonyl (C=O) groups excluding carboxylic acids is 1. The standard InChI is InChI=1S/C14H22N2O3/c1-12-5-3-4-6-13(12)15-14(18)11-16(7-9-17)8-10-19-2/h3-6,17H,7-11H2,1-2H3,(H,15,18). The predicted octanol–water partition coefficient (Wildman–Crippen LogP) is 0.874. The van der Waals surface area contributed by atoms with Crippen LogP contribution in [0, 0.1) is 6.92 Å². The molecular formula is C14H22N2O3. The molecule has 19 heavy (non-hydrogen) atoms. The van der Waals surface area contributed by atoms with Crippen molar-refractivity contribution in [2.45, 2.75) is 6.92 Å². The summed E-state index contributed by atoms with van der Waals surface area (Å²) in [5.74, 6) is -0.0844. The first kappa shape index (κ1) is 15.6. The zero-order chi connectivity index (χ0) is 14.1. The molecule has 0 atom stereocenters. The molecule has 0 aliphatic rings. The number of ether oxygens (including phenoxy) is 1. The van der Waals surface area contributed by atoms with E-state index in [2.05, 4.69) is 5.32 Å². The lowest BCUT2D eigenvalue weighted by molar-refractivity contribution is -0.117. The maximum atomic E-state index is 11.9. The van der Waals surface area contributed by atoms with E-state index < -0.39 is 0 Å². The number of carbonyl (C=O) groups is 1. The average molecular weight is 266 g/mol. The van der Waals surface area contributed by atoms with Crippen molar-refractivity contribution in [2.75, 3.05) is 45.3 Å². The number of para-hydroxylation sites is 1. The van der Waals surface area contributed by atoms with Gasteiger partial charge in [0.1, 0.15) is 0 Å². The van der Waals surface area contributed by atoms with Crippen LogP contribution < -0.4 is 5.32 Å². The first-order chi connectivity index (χ1) is 9.17. The SMILES string of the molecule is COCCN(CCO)CC(=O)Nc1ccccc1C. The van der Waals surface area contributed by atoms with Crippen molar-refractivity contribution in [2.24, 2.45) is 0 Å². The molecule has 1 rings (SSSR count). The van der Waals surface area contributed by atoms with E-state index in [9.17, 15) is 4.79 Å². The first-order valence-electron chi connectivity index (χ1n) is 6.35. The third kappa shape index (κ3) is 5.83. The van der Waals surface area contributed by atoms with Crippen LogP contribution in [-0.2, 0) is 9.53 Å². The molecule has 106 valence electrons. The van der Waals surface area contributed by atoms with Crippen molar-refractivity contribution in [3.05, 3.63) is 29.8 Å². The maximum Gasteiger partial charge on any atom is 0.238 e. The topological polar surface area (TPSA) is 61.8 Å². The number of aliphatic hydroxyl groups excluding tert-OH is 1. The Morgan fingerprint density at radius 3 is 2.74 bits per heavy atom. The van der Waals surface area contributed by atoms with Crippen molar-refractivity contribution in [3.63, 3.8) is 0 Å². The molecule has 0 saturated heterocycles. The summed E-state index contributed by atoms with van der Waals surface area (Å²) in [5, 5.41) is 11.8. The van der Waals surface area contributed by atoms with Crippen LogP contribution in [0.5, 0.6) is 0 Å². The molecule has 1 amide bonds. The molecule has 0 bridgehead atoms. The predicted molar refractivity (Wildman–Crippen MR) is 75.2 cm³/mol. The highest BCUT2D eigenvalue weighted by atomic mass is 16.5. The fourth-order valence-electron chi connectivity index (χ4n) is 1.74. The fourth-order valence-corrected chi connectivity index (χ4v) is 1.74. The van der Waals surface area contributed by atoms with Crippen molar-refractivity contribution in [1.82, 2.24) is 4.90 Å². The number of methoxy groups -OCH3 is 1. The number of benzene rings is 1. The molecule has 0 saturated carbocycles. The molecular weight excluding hydrogens is 244 g/mol. The van der Waals surface area contributed by atoms with Crippen LogP contribution in [0.4, 0.5) is 5.69 Å². The van der Waals surface area contributed by atoms with Crippen LogP contribution in [0.3, 0.4) is 0 Å². The molecule has 0 radical (unpaired) electrons. The Labute approximate surface area is 114 Å². The van der Waals surface area contributed by atoms with Gasteiger partial charge in [0.15, 0.2) is 0 Å². The smallest absolute Gasteiger partial charge is 0.238 e. The van der Waals surface area contributed by atoms with Crippen molar-refractivity contribution in [3.8, 4) is 0 Å². The highest BCUT2D eigenvalue weighted by Crippen LogP contribution is 2.12. The van der Waals surface area contributed by atoms with Crippen LogP contribution in [0.1, 0.15) is 5.56 Å². The number of nitrogens with one attached hydrogen (secondary N) is 1. The molecule has 1 aromatic rings. The Balaban J connectivity index is 2.50. The molecule has 1 aromatic carbocycles. The highest BCUT2D eigenvalue weighted by Gasteiger charge is 2.10. The van der Waals surface area contributed by atoms with Gasteiger partial charge in [-0.15, -0.1) is 0 Å². The van der Waals surface area contributed by atoms with Gasteiger partial charge >= 0.3 is 0 Å². The second-order valence-electron chi connectivity index (χ2n) is 4.36. The van der Waals surface area contributed by atoms with Gasteiger partial charge in [0, 0.05) is 25.9 Å². The van der Waals surface area contributed by atoms with Crippen molar-refractivity contribution >= 4 is 11.6 Å². The van der Waals surface area contributed by atoms with Gasteiger partial charge in [-0.3, -0.25) is 9.69 Å². The van der Waals surface area contributed by atoms with Gasteiger partial charge in [0.05, 0.1) is 19.8 Å². The molecule has 0 spiro atoms. The number of nitrogens with zero attached hydrogens (tertiary/aromatic N) is 1. The number of hydrogen-bond donors (Lipinski definition) is 2. The van der Waals surface area contributed by atoms with Crippen LogP contribution >= 0.6 is 0 Å². The summed E-state index contributed by atoms with van der Waals surface area (Å²) in [7, 11) is 1.62. The summed E-state index contributed by atoms with van der Waals surface area (Å²) in [5.41, 5.74) is 1.85. The number of aliphatic hydroxyl groups is 1. The summed E-state index contributed by atoms with van der Waals surface area (Å²) in [6.07, 6.45) is 0. The summed E-state index contributed by atoms with van der Waals surface area (Å²) >= 11 is 0. The van der Waals surface area contributed by atoms with Gasteiger partial charge in [-0.25, -0.2) is 0 Å². The minimum absolute atomic E-state index is 0.0291. The molecule has 5 nitrogen and oxygen atoms in total. The Kier molecular flexibility index (Phi) is 7.10. The molecule has 0 aliphatic heterocycles. The zero-order valence-electron chi connectivity index (χ0n) is 11.6. The van der Waals surface area contributed by atoms with Gasteiger partial charge in [-0.2, -0.15) is 0 Å². The highest BCUT2D eigenvalue weighted by molar-refractivity contribution is 5.92. The summed E-state index contributed by atoms with van der Waals surface area (Å²) in [4.78, 5) is 13.8. The number of rotatable bonds is 8. The second kappa shape index (κ2) is 8.63. The quantitative estimate of drug-likeness (QED) is 0.733. The molecule has 0 fully saturated rings. The third-order valence-electron chi connectivity index (χ3n) is 2.81. The fraction of sp³-hybridized carbons (Fsp3) is 0.500. The summed E-state index contributed by atoms with van der Waals surface area (Å²) in [6.45, 7) is 3.85. The molecule has 0 unspecified atom stereocenters. The van der Waals surface area contributed by atoms with E-state index in [1.165, 1.54) is 0 Å². The lowest BCUT2D eigenvalue weighted by atomic mass is 10.2. The number of anilines is 1. The van der Waals surface area contributed by atoms with Crippen LogP contribution in [0.15, 0.2) is 24.3 Å². The van der Waals surface area contributed by atoms with Gasteiger partial charge in [0.25, 0.3) is 0 Å². The van der Waals surface area contributed by atoms with E-state index in [0.717, 1.165) is 11.3 Å². The van der Waals surface area contributed by atoms with Crippen molar-refractivity contribution in [1.29, 1.82) is 0 Å². The Morgan fingerprint density at radius 1 is 1.37 bits per heavy atom. The van der Waals surface area contributed by atoms with E-state index in [1.54, 1.807) is 7.11 Å². The van der Waals surface area contributed by atoms with E-state index >= 15 is 0 Å². The molecule has 0 heterocycles. The minimum atomic E-state index is -0.0844. The van der Waals surface area contributed by atoms with Gasteiger partial charge in [-0.1, -0.05) is 18.2 Å². The lowest BCUT2D eigenvalue weighted by Gasteiger charge is -2.20. The van der Waals surface area contributed by atoms with Gasteiger partial charge in [-0.05, 0) is 18.6 Å². The van der Waals surface area contributed by atoms with Crippen LogP contribution in [-0.4, -0.2) is 55.9 Å². The minimum Gasteiger partial charge on any atom is -0.395 e. The summed E-state index contributed by atoms with van der Waals surface area (Å²) in [6, 6.07) is 7.64. The normalized spacial score (nSPS) is 10.7. The largest absolute Gasteiger partial charge is 0.395 e. The molecule has 0 aliphatic carbocycles. The Hall–Kier alpha value is -1.43. The monoisotopic (exact) mass is 266 g/mol. The third-order valence-corrected chi connectivity index (χ3v) is 2.81. The average Bonchev–Trinajstić information content (AvgIpc) is 2.39.